The van der Waals surface area contributed by atoms with E-state index in [-0.39, 0.29) is 11.8 Å². The average molecular weight is 277 g/mol. The lowest BCUT2D eigenvalue weighted by Crippen LogP contribution is -2.45. The van der Waals surface area contributed by atoms with Crippen LogP contribution in [0.25, 0.3) is 0 Å². The molecule has 5 nitrogen and oxygen atoms in total. The van der Waals surface area contributed by atoms with Gasteiger partial charge in [0.25, 0.3) is 0 Å². The smallest absolute Gasteiger partial charge is 0.311 e. The Morgan fingerprint density at radius 1 is 1.05 bits per heavy atom. The van der Waals surface area contributed by atoms with E-state index in [2.05, 4.69) is 10.6 Å². The van der Waals surface area contributed by atoms with Crippen LogP contribution in [0.1, 0.15) is 25.7 Å². The van der Waals surface area contributed by atoms with Gasteiger partial charge in [-0.05, 0) is 55.9 Å². The fourth-order valence-electron chi connectivity index (χ4n) is 4.92. The average Bonchev–Trinajstić information content (AvgIpc) is 2.95. The number of carbonyl (C=O) groups is 2. The number of fused-ring (bicyclic) bond motifs is 5. The molecule has 4 aliphatic rings. The molecule has 0 aromatic heterocycles. The normalized spacial score (nSPS) is 42.0. The summed E-state index contributed by atoms with van der Waals surface area (Å²) in [6, 6.07) is 0.308. The van der Waals surface area contributed by atoms with Crippen LogP contribution < -0.4 is 10.6 Å². The minimum atomic E-state index is -0.370. The van der Waals surface area contributed by atoms with E-state index < -0.39 is 0 Å². The molecule has 110 valence electrons. The van der Waals surface area contributed by atoms with Crippen molar-refractivity contribution in [3.05, 3.63) is 0 Å². The van der Waals surface area contributed by atoms with Crippen molar-refractivity contribution in [1.29, 1.82) is 0 Å². The summed E-state index contributed by atoms with van der Waals surface area (Å²) in [5.74, 6) is 2.34. The van der Waals surface area contributed by atoms with Gasteiger partial charge in [0.05, 0.1) is 0 Å². The van der Waals surface area contributed by atoms with Gasteiger partial charge in [0.1, 0.15) is 0 Å². The van der Waals surface area contributed by atoms with Crippen molar-refractivity contribution in [2.45, 2.75) is 31.7 Å². The molecule has 20 heavy (non-hydrogen) atoms. The highest BCUT2D eigenvalue weighted by molar-refractivity contribution is 6.35. The highest BCUT2D eigenvalue weighted by atomic mass is 16.2. The van der Waals surface area contributed by atoms with E-state index >= 15 is 0 Å². The topological polar surface area (TPSA) is 61.4 Å². The number of amides is 2. The van der Waals surface area contributed by atoms with E-state index in [1.165, 1.54) is 19.3 Å². The van der Waals surface area contributed by atoms with E-state index in [4.69, 9.17) is 0 Å². The van der Waals surface area contributed by atoms with E-state index in [0.717, 1.165) is 31.3 Å². The molecule has 3 aliphatic carbocycles. The second-order valence-electron chi connectivity index (χ2n) is 6.88. The van der Waals surface area contributed by atoms with Crippen molar-refractivity contribution < 1.29 is 9.59 Å². The van der Waals surface area contributed by atoms with Gasteiger partial charge in [-0.1, -0.05) is 0 Å². The zero-order chi connectivity index (χ0) is 13.7. The molecule has 4 atom stereocenters. The van der Waals surface area contributed by atoms with Gasteiger partial charge < -0.3 is 15.5 Å². The molecule has 0 spiro atoms. The SMILES string of the molecule is O=C(NC1C2C3CCC(C3)C12)C(=O)N1CCCNCC1. The Morgan fingerprint density at radius 2 is 1.80 bits per heavy atom. The second kappa shape index (κ2) is 4.72. The lowest BCUT2D eigenvalue weighted by Gasteiger charge is -2.19. The molecule has 4 fully saturated rings. The van der Waals surface area contributed by atoms with Crippen LogP contribution >= 0.6 is 0 Å². The fourth-order valence-corrected chi connectivity index (χ4v) is 4.92. The zero-order valence-electron chi connectivity index (χ0n) is 11.8. The van der Waals surface area contributed by atoms with E-state index in [0.29, 0.717) is 31.0 Å². The highest BCUT2D eigenvalue weighted by Crippen LogP contribution is 2.65. The Bertz CT molecular complexity index is 415. The molecular formula is C15H23N3O2. The molecule has 2 bridgehead atoms. The van der Waals surface area contributed by atoms with Gasteiger partial charge >= 0.3 is 11.8 Å². The first kappa shape index (κ1) is 12.6. The first-order valence-electron chi connectivity index (χ1n) is 8.06. The predicted octanol–water partition coefficient (Wildman–Crippen LogP) is -0.0310. The van der Waals surface area contributed by atoms with Gasteiger partial charge in [0.2, 0.25) is 0 Å². The summed E-state index contributed by atoms with van der Waals surface area (Å²) in [4.78, 5) is 26.0. The molecule has 4 unspecified atom stereocenters. The molecule has 2 amide bonds. The molecule has 1 heterocycles. The summed E-state index contributed by atoms with van der Waals surface area (Å²) in [6.45, 7) is 3.07. The quantitative estimate of drug-likeness (QED) is 0.662. The van der Waals surface area contributed by atoms with Crippen molar-refractivity contribution in [2.75, 3.05) is 26.2 Å². The lowest BCUT2D eigenvalue weighted by atomic mass is 10.0. The van der Waals surface area contributed by atoms with E-state index in [1.807, 2.05) is 0 Å². The third kappa shape index (κ3) is 1.94. The van der Waals surface area contributed by atoms with Gasteiger partial charge in [0.15, 0.2) is 0 Å². The Kier molecular flexibility index (Phi) is 2.98. The molecule has 2 N–H and O–H groups in total. The Balaban J connectivity index is 1.33. The standard InChI is InChI=1S/C15H23N3O2/c19-14(15(20)18-6-1-4-16-5-7-18)17-13-11-9-2-3-10(8-9)12(11)13/h9-13,16H,1-8H2,(H,17,19). The van der Waals surface area contributed by atoms with Gasteiger partial charge in [-0.25, -0.2) is 0 Å². The van der Waals surface area contributed by atoms with Gasteiger partial charge in [0, 0.05) is 25.7 Å². The van der Waals surface area contributed by atoms with Crippen molar-refractivity contribution >= 4 is 11.8 Å². The van der Waals surface area contributed by atoms with Gasteiger partial charge in [-0.15, -0.1) is 0 Å². The molecule has 1 aliphatic heterocycles. The molecule has 0 aromatic rings. The first-order valence-corrected chi connectivity index (χ1v) is 8.06. The Labute approximate surface area is 119 Å². The van der Waals surface area contributed by atoms with Crippen LogP contribution in [0, 0.1) is 23.7 Å². The van der Waals surface area contributed by atoms with E-state index in [1.54, 1.807) is 4.90 Å². The minimum Gasteiger partial charge on any atom is -0.344 e. The molecule has 1 saturated heterocycles. The van der Waals surface area contributed by atoms with Crippen LogP contribution in [0.4, 0.5) is 0 Å². The number of nitrogens with one attached hydrogen (secondary N) is 2. The van der Waals surface area contributed by atoms with Crippen LogP contribution in [0.5, 0.6) is 0 Å². The molecular weight excluding hydrogens is 254 g/mol. The number of nitrogens with zero attached hydrogens (tertiary/aromatic N) is 1. The fraction of sp³-hybridized carbons (Fsp3) is 0.867. The minimum absolute atomic E-state index is 0.308. The summed E-state index contributed by atoms with van der Waals surface area (Å²) in [5.41, 5.74) is 0. The Morgan fingerprint density at radius 3 is 2.55 bits per heavy atom. The van der Waals surface area contributed by atoms with Crippen LogP contribution in [0.2, 0.25) is 0 Å². The molecule has 0 aromatic carbocycles. The van der Waals surface area contributed by atoms with E-state index in [9.17, 15) is 9.59 Å². The van der Waals surface area contributed by atoms with Crippen molar-refractivity contribution in [2.24, 2.45) is 23.7 Å². The molecule has 0 radical (unpaired) electrons. The van der Waals surface area contributed by atoms with Crippen LogP contribution in [0.15, 0.2) is 0 Å². The van der Waals surface area contributed by atoms with Gasteiger partial charge in [-0.3, -0.25) is 9.59 Å². The maximum Gasteiger partial charge on any atom is 0.311 e. The number of hydrogen-bond donors (Lipinski definition) is 2. The highest BCUT2D eigenvalue weighted by Gasteiger charge is 2.65. The number of hydrogen-bond acceptors (Lipinski definition) is 3. The summed E-state index contributed by atoms with van der Waals surface area (Å²) in [7, 11) is 0. The monoisotopic (exact) mass is 277 g/mol. The third-order valence-electron chi connectivity index (χ3n) is 5.85. The van der Waals surface area contributed by atoms with Crippen molar-refractivity contribution in [3.8, 4) is 0 Å². The summed E-state index contributed by atoms with van der Waals surface area (Å²) < 4.78 is 0. The predicted molar refractivity (Wildman–Crippen MR) is 73.8 cm³/mol. The van der Waals surface area contributed by atoms with Crippen molar-refractivity contribution in [1.82, 2.24) is 15.5 Å². The largest absolute Gasteiger partial charge is 0.344 e. The van der Waals surface area contributed by atoms with Gasteiger partial charge in [-0.2, -0.15) is 0 Å². The number of rotatable bonds is 1. The molecule has 5 heteroatoms. The molecule has 4 rings (SSSR count). The first-order chi connectivity index (χ1) is 9.75. The second-order valence-corrected chi connectivity index (χ2v) is 6.88. The third-order valence-corrected chi connectivity index (χ3v) is 5.85. The Hall–Kier alpha value is -1.10. The van der Waals surface area contributed by atoms with Crippen LogP contribution in [-0.4, -0.2) is 48.9 Å². The van der Waals surface area contributed by atoms with Crippen LogP contribution in [0.3, 0.4) is 0 Å². The summed E-state index contributed by atoms with van der Waals surface area (Å²) in [5, 5.41) is 6.27. The summed E-state index contributed by atoms with van der Waals surface area (Å²) in [6.07, 6.45) is 4.97. The number of carbonyl (C=O) groups excluding carboxylic acids is 2. The lowest BCUT2D eigenvalue weighted by molar-refractivity contribution is -0.145. The van der Waals surface area contributed by atoms with Crippen LogP contribution in [-0.2, 0) is 9.59 Å². The maximum absolute atomic E-state index is 12.2. The summed E-state index contributed by atoms with van der Waals surface area (Å²) >= 11 is 0. The van der Waals surface area contributed by atoms with Crippen molar-refractivity contribution in [3.63, 3.8) is 0 Å². The zero-order valence-corrected chi connectivity index (χ0v) is 11.8. The molecule has 3 saturated carbocycles. The maximum atomic E-state index is 12.2.